The molecule has 22 heavy (non-hydrogen) atoms. The van der Waals surface area contributed by atoms with Gasteiger partial charge < -0.3 is 10.2 Å². The molecule has 2 fully saturated rings. The highest BCUT2D eigenvalue weighted by Gasteiger charge is 2.26. The zero-order valence-corrected chi connectivity index (χ0v) is 13.4. The Morgan fingerprint density at radius 1 is 1.23 bits per heavy atom. The van der Waals surface area contributed by atoms with Crippen LogP contribution in [0.4, 0.5) is 5.82 Å². The standard InChI is InChI=1S/C17H26N4O/c1-14-4-5-16(18-12-14)19-17(22)13-20-10-6-15(7-11-20)21-8-2-3-9-21/h4-5,12,15H,2-3,6-11,13H2,1H3,(H,18,19,22). The van der Waals surface area contributed by atoms with Crippen molar-refractivity contribution in [1.29, 1.82) is 0 Å². The molecule has 0 unspecified atom stereocenters. The zero-order chi connectivity index (χ0) is 15.4. The van der Waals surface area contributed by atoms with E-state index in [1.54, 1.807) is 6.20 Å². The molecule has 5 nitrogen and oxygen atoms in total. The van der Waals surface area contributed by atoms with Crippen molar-refractivity contribution in [3.8, 4) is 0 Å². The highest BCUT2D eigenvalue weighted by Crippen LogP contribution is 2.20. The molecule has 0 atom stereocenters. The number of amides is 1. The summed E-state index contributed by atoms with van der Waals surface area (Å²) in [6.45, 7) is 7.05. The largest absolute Gasteiger partial charge is 0.310 e. The number of aryl methyl sites for hydroxylation is 1. The van der Waals surface area contributed by atoms with Crippen molar-refractivity contribution in [2.45, 2.75) is 38.6 Å². The van der Waals surface area contributed by atoms with E-state index in [0.29, 0.717) is 12.4 Å². The predicted octanol–water partition coefficient (Wildman–Crippen LogP) is 1.89. The van der Waals surface area contributed by atoms with Gasteiger partial charge in [-0.15, -0.1) is 0 Å². The smallest absolute Gasteiger partial charge is 0.239 e. The molecule has 2 saturated heterocycles. The van der Waals surface area contributed by atoms with Crippen molar-refractivity contribution in [1.82, 2.24) is 14.8 Å². The number of aromatic nitrogens is 1. The molecule has 0 aromatic carbocycles. The van der Waals surface area contributed by atoms with Crippen LogP contribution >= 0.6 is 0 Å². The van der Waals surface area contributed by atoms with Gasteiger partial charge in [0, 0.05) is 25.3 Å². The summed E-state index contributed by atoms with van der Waals surface area (Å²) in [5.41, 5.74) is 1.10. The second-order valence-electron chi connectivity index (χ2n) is 6.52. The van der Waals surface area contributed by atoms with Crippen LogP contribution in [0.5, 0.6) is 0 Å². The molecular formula is C17H26N4O. The molecule has 3 heterocycles. The summed E-state index contributed by atoms with van der Waals surface area (Å²) >= 11 is 0. The molecule has 2 aliphatic rings. The van der Waals surface area contributed by atoms with Crippen molar-refractivity contribution in [3.63, 3.8) is 0 Å². The van der Waals surface area contributed by atoms with Gasteiger partial charge in [-0.1, -0.05) is 6.07 Å². The van der Waals surface area contributed by atoms with E-state index in [9.17, 15) is 4.79 Å². The highest BCUT2D eigenvalue weighted by molar-refractivity contribution is 5.91. The topological polar surface area (TPSA) is 48.5 Å². The molecule has 1 aromatic rings. The Morgan fingerprint density at radius 3 is 2.59 bits per heavy atom. The molecular weight excluding hydrogens is 276 g/mol. The normalized spacial score (nSPS) is 21.1. The van der Waals surface area contributed by atoms with Gasteiger partial charge in [-0.2, -0.15) is 0 Å². The Morgan fingerprint density at radius 2 is 1.95 bits per heavy atom. The Bertz CT molecular complexity index is 488. The van der Waals surface area contributed by atoms with Crippen molar-refractivity contribution in [3.05, 3.63) is 23.9 Å². The van der Waals surface area contributed by atoms with E-state index in [2.05, 4.69) is 20.1 Å². The van der Waals surface area contributed by atoms with Gasteiger partial charge in [0.1, 0.15) is 5.82 Å². The lowest BCUT2D eigenvalue weighted by Crippen LogP contribution is -2.45. The number of nitrogens with zero attached hydrogens (tertiary/aromatic N) is 3. The molecule has 3 rings (SSSR count). The SMILES string of the molecule is Cc1ccc(NC(=O)CN2CCC(N3CCCC3)CC2)nc1. The van der Waals surface area contributed by atoms with Gasteiger partial charge in [-0.3, -0.25) is 9.69 Å². The maximum atomic E-state index is 12.1. The quantitative estimate of drug-likeness (QED) is 0.923. The fourth-order valence-electron chi connectivity index (χ4n) is 3.48. The summed E-state index contributed by atoms with van der Waals surface area (Å²) in [4.78, 5) is 21.2. The average molecular weight is 302 g/mol. The van der Waals surface area contributed by atoms with Crippen molar-refractivity contribution >= 4 is 11.7 Å². The predicted molar refractivity (Wildman–Crippen MR) is 87.9 cm³/mol. The van der Waals surface area contributed by atoms with Crippen molar-refractivity contribution in [2.75, 3.05) is 38.0 Å². The molecule has 0 radical (unpaired) electrons. The van der Waals surface area contributed by atoms with Crippen LogP contribution in [0.15, 0.2) is 18.3 Å². The zero-order valence-electron chi connectivity index (χ0n) is 13.4. The van der Waals surface area contributed by atoms with Crippen LogP contribution in [0.1, 0.15) is 31.2 Å². The molecule has 0 spiro atoms. The Labute approximate surface area is 132 Å². The molecule has 0 bridgehead atoms. The summed E-state index contributed by atoms with van der Waals surface area (Å²) in [6.07, 6.45) is 6.86. The first-order valence-corrected chi connectivity index (χ1v) is 8.39. The number of hydrogen-bond donors (Lipinski definition) is 1. The van der Waals surface area contributed by atoms with Crippen LogP contribution < -0.4 is 5.32 Å². The van der Waals surface area contributed by atoms with Crippen LogP contribution in [0, 0.1) is 6.92 Å². The maximum Gasteiger partial charge on any atom is 0.239 e. The number of nitrogens with one attached hydrogen (secondary N) is 1. The minimum Gasteiger partial charge on any atom is -0.310 e. The van der Waals surface area contributed by atoms with Crippen LogP contribution in [0.25, 0.3) is 0 Å². The lowest BCUT2D eigenvalue weighted by molar-refractivity contribution is -0.117. The number of pyridine rings is 1. The number of likely N-dealkylation sites (tertiary alicyclic amines) is 2. The summed E-state index contributed by atoms with van der Waals surface area (Å²) in [6, 6.07) is 4.55. The second kappa shape index (κ2) is 7.20. The second-order valence-corrected chi connectivity index (χ2v) is 6.52. The van der Waals surface area contributed by atoms with Crippen molar-refractivity contribution in [2.24, 2.45) is 0 Å². The van der Waals surface area contributed by atoms with E-state index < -0.39 is 0 Å². The van der Waals surface area contributed by atoms with Gasteiger partial charge in [-0.25, -0.2) is 4.98 Å². The summed E-state index contributed by atoms with van der Waals surface area (Å²) in [5.74, 6) is 0.679. The van der Waals surface area contributed by atoms with Gasteiger partial charge in [0.2, 0.25) is 5.91 Å². The third-order valence-electron chi connectivity index (χ3n) is 4.76. The summed E-state index contributed by atoms with van der Waals surface area (Å²) in [7, 11) is 0. The Hall–Kier alpha value is -1.46. The monoisotopic (exact) mass is 302 g/mol. The number of rotatable bonds is 4. The Kier molecular flexibility index (Phi) is 5.05. The van der Waals surface area contributed by atoms with E-state index in [1.807, 2.05) is 19.1 Å². The number of carbonyl (C=O) groups excluding carboxylic acids is 1. The number of carbonyl (C=O) groups is 1. The lowest BCUT2D eigenvalue weighted by Gasteiger charge is -2.36. The fraction of sp³-hybridized carbons (Fsp3) is 0.647. The van der Waals surface area contributed by atoms with E-state index in [-0.39, 0.29) is 5.91 Å². The van der Waals surface area contributed by atoms with E-state index in [0.717, 1.165) is 24.7 Å². The highest BCUT2D eigenvalue weighted by atomic mass is 16.2. The molecule has 1 N–H and O–H groups in total. The van der Waals surface area contributed by atoms with Crippen LogP contribution in [0.3, 0.4) is 0 Å². The van der Waals surface area contributed by atoms with E-state index in [1.165, 1.54) is 38.8 Å². The molecule has 0 saturated carbocycles. The van der Waals surface area contributed by atoms with Crippen LogP contribution in [-0.2, 0) is 4.79 Å². The fourth-order valence-corrected chi connectivity index (χ4v) is 3.48. The minimum absolute atomic E-state index is 0.0379. The molecule has 120 valence electrons. The van der Waals surface area contributed by atoms with Gasteiger partial charge in [0.15, 0.2) is 0 Å². The van der Waals surface area contributed by atoms with Gasteiger partial charge in [-0.05, 0) is 57.3 Å². The first-order valence-electron chi connectivity index (χ1n) is 8.39. The maximum absolute atomic E-state index is 12.1. The van der Waals surface area contributed by atoms with E-state index in [4.69, 9.17) is 0 Å². The minimum atomic E-state index is 0.0379. The van der Waals surface area contributed by atoms with Crippen LogP contribution in [-0.4, -0.2) is 59.5 Å². The number of hydrogen-bond acceptors (Lipinski definition) is 4. The number of piperidine rings is 1. The molecule has 1 aromatic heterocycles. The summed E-state index contributed by atoms with van der Waals surface area (Å²) < 4.78 is 0. The molecule has 2 aliphatic heterocycles. The number of anilines is 1. The third kappa shape index (κ3) is 4.05. The van der Waals surface area contributed by atoms with Gasteiger partial charge >= 0.3 is 0 Å². The average Bonchev–Trinajstić information content (AvgIpc) is 3.05. The molecule has 5 heteroatoms. The first kappa shape index (κ1) is 15.4. The Balaban J connectivity index is 1.42. The first-order chi connectivity index (χ1) is 10.7. The molecule has 0 aliphatic carbocycles. The summed E-state index contributed by atoms with van der Waals surface area (Å²) in [5, 5.41) is 2.88. The molecule has 1 amide bonds. The van der Waals surface area contributed by atoms with Gasteiger partial charge in [0.25, 0.3) is 0 Å². The van der Waals surface area contributed by atoms with E-state index >= 15 is 0 Å². The van der Waals surface area contributed by atoms with Gasteiger partial charge in [0.05, 0.1) is 6.54 Å². The van der Waals surface area contributed by atoms with Crippen molar-refractivity contribution < 1.29 is 4.79 Å². The third-order valence-corrected chi connectivity index (χ3v) is 4.76. The van der Waals surface area contributed by atoms with Crippen LogP contribution in [0.2, 0.25) is 0 Å². The lowest BCUT2D eigenvalue weighted by atomic mass is 10.0.